The molecule has 0 radical (unpaired) electrons. The lowest BCUT2D eigenvalue weighted by Gasteiger charge is -2.20. The summed E-state index contributed by atoms with van der Waals surface area (Å²) in [7, 11) is 0. The van der Waals surface area contributed by atoms with Crippen LogP contribution >= 0.6 is 0 Å². The van der Waals surface area contributed by atoms with E-state index in [2.05, 4.69) is 9.97 Å². The molecular formula is C19H19F6N5. The van der Waals surface area contributed by atoms with Gasteiger partial charge in [-0.1, -0.05) is 13.8 Å². The molecule has 4 atom stereocenters. The van der Waals surface area contributed by atoms with Crippen LogP contribution in [0.2, 0.25) is 0 Å². The summed E-state index contributed by atoms with van der Waals surface area (Å²) in [4.78, 5) is 9.66. The third-order valence-electron chi connectivity index (χ3n) is 6.55. The van der Waals surface area contributed by atoms with Crippen LogP contribution in [0.1, 0.15) is 31.2 Å². The number of aromatic nitrogens is 3. The molecule has 30 heavy (non-hydrogen) atoms. The summed E-state index contributed by atoms with van der Waals surface area (Å²) in [5, 5.41) is 0. The molecule has 2 aliphatic carbocycles. The minimum Gasteiger partial charge on any atom is -0.383 e. The zero-order valence-corrected chi connectivity index (χ0v) is 16.1. The van der Waals surface area contributed by atoms with Gasteiger partial charge >= 0.3 is 12.4 Å². The number of halogens is 6. The summed E-state index contributed by atoms with van der Waals surface area (Å²) in [6.45, 7) is 3.23. The van der Waals surface area contributed by atoms with E-state index in [1.54, 1.807) is 6.20 Å². The topological polar surface area (TPSA) is 60.0 Å². The Kier molecular flexibility index (Phi) is 3.72. The van der Waals surface area contributed by atoms with E-state index in [0.717, 1.165) is 6.07 Å². The van der Waals surface area contributed by atoms with Gasteiger partial charge in [0.15, 0.2) is 0 Å². The quantitative estimate of drug-likeness (QED) is 0.747. The molecular weight excluding hydrogens is 412 g/mol. The molecule has 2 N–H and O–H groups in total. The van der Waals surface area contributed by atoms with Gasteiger partial charge in [-0.05, 0) is 6.07 Å². The number of hydrogen-bond donors (Lipinski definition) is 1. The number of fused-ring (bicyclic) bond motifs is 1. The molecule has 4 fully saturated rings. The van der Waals surface area contributed by atoms with Crippen LogP contribution in [0, 0.1) is 11.8 Å². The Morgan fingerprint density at radius 2 is 1.93 bits per heavy atom. The second-order valence-corrected chi connectivity index (χ2v) is 8.67. The zero-order chi connectivity index (χ0) is 21.8. The molecule has 4 heterocycles. The van der Waals surface area contributed by atoms with Crippen molar-refractivity contribution in [2.45, 2.75) is 43.7 Å². The van der Waals surface area contributed by atoms with Gasteiger partial charge in [0.05, 0.1) is 23.3 Å². The fourth-order valence-corrected chi connectivity index (χ4v) is 5.33. The molecule has 4 aliphatic rings. The first-order chi connectivity index (χ1) is 13.9. The predicted molar refractivity (Wildman–Crippen MR) is 95.3 cm³/mol. The first-order valence-corrected chi connectivity index (χ1v) is 9.59. The fraction of sp³-hybridized carbons (Fsp3) is 0.579. The van der Waals surface area contributed by atoms with Gasteiger partial charge < -0.3 is 10.3 Å². The Bertz CT molecular complexity index is 1020. The van der Waals surface area contributed by atoms with Gasteiger partial charge in [-0.25, -0.2) is 9.97 Å². The van der Waals surface area contributed by atoms with Crippen LogP contribution in [0.15, 0.2) is 18.5 Å². The molecule has 2 aliphatic heterocycles. The van der Waals surface area contributed by atoms with Crippen molar-refractivity contribution in [3.63, 3.8) is 0 Å². The molecule has 11 heteroatoms. The number of nitrogen functional groups attached to an aromatic ring is 1. The van der Waals surface area contributed by atoms with Crippen molar-refractivity contribution in [2.75, 3.05) is 18.8 Å². The van der Waals surface area contributed by atoms with Gasteiger partial charge in [-0.2, -0.15) is 26.3 Å². The van der Waals surface area contributed by atoms with E-state index in [-0.39, 0.29) is 29.4 Å². The van der Waals surface area contributed by atoms with Crippen molar-refractivity contribution >= 4 is 5.82 Å². The van der Waals surface area contributed by atoms with Crippen molar-refractivity contribution in [2.24, 2.45) is 11.8 Å². The Morgan fingerprint density at radius 1 is 1.23 bits per heavy atom. The Labute approximate surface area is 167 Å². The number of hydrogen-bond acceptors (Lipinski definition) is 4. The Morgan fingerprint density at radius 3 is 2.50 bits per heavy atom. The number of nitrogens with two attached hydrogens (primary N) is 1. The number of pyridine rings is 1. The van der Waals surface area contributed by atoms with Crippen molar-refractivity contribution in [1.29, 1.82) is 0 Å². The van der Waals surface area contributed by atoms with E-state index >= 15 is 0 Å². The summed E-state index contributed by atoms with van der Waals surface area (Å²) in [5.41, 5.74) is 4.41. The van der Waals surface area contributed by atoms with Gasteiger partial charge in [0.25, 0.3) is 0 Å². The standard InChI is InChI=1S/C19H19F6N5/c1-8(2)16-28-12(9-3-10(19(23,24)25)15(26)27-4-9)6-30(16)18-11-5-29(7-17(20,21)22)14(18)13(11)18/h3-4,6,8,11,13-14H,5,7H2,1-2H3,(H2,26,27)/t11-,13-,14?,18-/m0/s1. The van der Waals surface area contributed by atoms with Crippen LogP contribution in [0.3, 0.4) is 0 Å². The molecule has 2 bridgehead atoms. The Hall–Kier alpha value is -2.30. The van der Waals surface area contributed by atoms with Crippen LogP contribution in [-0.2, 0) is 11.7 Å². The highest BCUT2D eigenvalue weighted by Crippen LogP contribution is 2.83. The maximum Gasteiger partial charge on any atom is 0.419 e. The van der Waals surface area contributed by atoms with E-state index in [1.807, 2.05) is 18.4 Å². The molecule has 2 aromatic rings. The highest BCUT2D eigenvalue weighted by molar-refractivity contribution is 5.63. The molecule has 0 spiro atoms. The fourth-order valence-electron chi connectivity index (χ4n) is 5.33. The molecule has 1 unspecified atom stereocenters. The van der Waals surface area contributed by atoms with E-state index in [9.17, 15) is 26.3 Å². The number of piperidine rings is 1. The van der Waals surface area contributed by atoms with Gasteiger partial charge in [-0.15, -0.1) is 0 Å². The lowest BCUT2D eigenvalue weighted by atomic mass is 10.1. The maximum atomic E-state index is 13.2. The first kappa shape index (κ1) is 19.7. The summed E-state index contributed by atoms with van der Waals surface area (Å²) >= 11 is 0. The lowest BCUT2D eigenvalue weighted by molar-refractivity contribution is -0.144. The maximum absolute atomic E-state index is 13.2. The predicted octanol–water partition coefficient (Wildman–Crippen LogP) is 3.87. The molecule has 6 rings (SSSR count). The molecule has 0 amide bonds. The molecule has 5 nitrogen and oxygen atoms in total. The summed E-state index contributed by atoms with van der Waals surface area (Å²) in [6.07, 6.45) is -6.01. The minimum absolute atomic E-state index is 0.0470. The first-order valence-electron chi connectivity index (χ1n) is 9.59. The van der Waals surface area contributed by atoms with Crippen LogP contribution in [0.5, 0.6) is 0 Å². The van der Waals surface area contributed by atoms with E-state index < -0.39 is 35.8 Å². The van der Waals surface area contributed by atoms with Crippen molar-refractivity contribution < 1.29 is 26.3 Å². The smallest absolute Gasteiger partial charge is 0.383 e. The molecule has 2 aromatic heterocycles. The third kappa shape index (κ3) is 2.60. The number of anilines is 1. The largest absolute Gasteiger partial charge is 0.419 e. The number of alkyl halides is 6. The van der Waals surface area contributed by atoms with E-state index in [4.69, 9.17) is 5.73 Å². The highest BCUT2D eigenvalue weighted by Gasteiger charge is 2.94. The third-order valence-corrected chi connectivity index (χ3v) is 6.55. The SMILES string of the molecule is CC(C)c1nc(-c2cnc(N)c(C(F)(F)F)c2)cn1[C@]12C3[C@@H]1[C@@H]2CN3CC(F)(F)F. The average molecular weight is 431 g/mol. The minimum atomic E-state index is -4.65. The van der Waals surface area contributed by atoms with Crippen LogP contribution in [0.25, 0.3) is 11.3 Å². The number of rotatable bonds is 4. The zero-order valence-electron chi connectivity index (χ0n) is 16.1. The van der Waals surface area contributed by atoms with Crippen molar-refractivity contribution in [3.05, 3.63) is 29.8 Å². The monoisotopic (exact) mass is 431 g/mol. The molecule has 2 saturated carbocycles. The highest BCUT2D eigenvalue weighted by atomic mass is 19.4. The van der Waals surface area contributed by atoms with Crippen LogP contribution in [0.4, 0.5) is 32.2 Å². The Balaban J connectivity index is 1.51. The van der Waals surface area contributed by atoms with Crippen LogP contribution < -0.4 is 5.73 Å². The number of imidazole rings is 1. The second kappa shape index (κ2) is 5.68. The van der Waals surface area contributed by atoms with Gasteiger partial charge in [0.1, 0.15) is 11.6 Å². The van der Waals surface area contributed by atoms with Crippen molar-refractivity contribution in [1.82, 2.24) is 19.4 Å². The summed E-state index contributed by atoms with van der Waals surface area (Å²) in [6, 6.07) is 0.720. The number of nitrogens with zero attached hydrogens (tertiary/aromatic N) is 4. The molecule has 162 valence electrons. The van der Waals surface area contributed by atoms with E-state index in [1.165, 1.54) is 11.1 Å². The second-order valence-electron chi connectivity index (χ2n) is 8.67. The summed E-state index contributed by atoms with van der Waals surface area (Å²) in [5.74, 6) is 0.265. The van der Waals surface area contributed by atoms with Crippen molar-refractivity contribution in [3.8, 4) is 11.3 Å². The average Bonchev–Trinajstić information content (AvgIpc) is 3.18. The summed E-state index contributed by atoms with van der Waals surface area (Å²) < 4.78 is 80.1. The molecule has 2 saturated heterocycles. The molecule has 0 aromatic carbocycles. The lowest BCUT2D eigenvalue weighted by Crippen LogP contribution is -2.34. The van der Waals surface area contributed by atoms with Crippen LogP contribution in [-0.4, -0.2) is 44.7 Å². The normalized spacial score (nSPS) is 30.1. The van der Waals surface area contributed by atoms with Gasteiger partial charge in [-0.3, -0.25) is 4.90 Å². The van der Waals surface area contributed by atoms with Gasteiger partial charge in [0.2, 0.25) is 0 Å². The van der Waals surface area contributed by atoms with Gasteiger partial charge in [0, 0.05) is 48.3 Å². The van der Waals surface area contributed by atoms with E-state index in [0.29, 0.717) is 18.1 Å².